The Labute approximate surface area is 158 Å². The second-order valence-electron chi connectivity index (χ2n) is 5.28. The summed E-state index contributed by atoms with van der Waals surface area (Å²) >= 11 is 18.0. The van der Waals surface area contributed by atoms with Gasteiger partial charge in [0.15, 0.2) is 5.65 Å². The van der Waals surface area contributed by atoms with E-state index in [0.717, 1.165) is 16.9 Å². The lowest BCUT2D eigenvalue weighted by Gasteiger charge is -2.08. The molecule has 124 valence electrons. The molecule has 0 saturated heterocycles. The zero-order chi connectivity index (χ0) is 17.4. The van der Waals surface area contributed by atoms with Crippen LogP contribution in [0.1, 0.15) is 0 Å². The second kappa shape index (κ2) is 6.52. The first-order valence-corrected chi connectivity index (χ1v) is 8.42. The quantitative estimate of drug-likeness (QED) is 0.469. The molecule has 2 N–H and O–H groups in total. The maximum absolute atomic E-state index is 6.03. The number of hydrogen-bond acceptors (Lipinski definition) is 4. The van der Waals surface area contributed by atoms with Crippen molar-refractivity contribution in [1.29, 1.82) is 0 Å². The lowest BCUT2D eigenvalue weighted by atomic mass is 10.2. The van der Waals surface area contributed by atoms with Crippen molar-refractivity contribution < 1.29 is 0 Å². The SMILES string of the molecule is Clc1cc(Cl)cc(Nc2cccc(-c3c[nH]c4ncc(Cl)nc34)n2)c1. The molecule has 0 aliphatic carbocycles. The van der Waals surface area contributed by atoms with Crippen molar-refractivity contribution in [3.05, 3.63) is 64.0 Å². The lowest BCUT2D eigenvalue weighted by Crippen LogP contribution is -1.95. The molecule has 0 atom stereocenters. The van der Waals surface area contributed by atoms with Gasteiger partial charge in [0.2, 0.25) is 0 Å². The first-order valence-electron chi connectivity index (χ1n) is 7.29. The number of pyridine rings is 1. The van der Waals surface area contributed by atoms with Crippen LogP contribution in [0.4, 0.5) is 11.5 Å². The molecule has 3 heterocycles. The second-order valence-corrected chi connectivity index (χ2v) is 6.54. The molecule has 0 aliphatic heterocycles. The third kappa shape index (κ3) is 3.39. The average Bonchev–Trinajstić information content (AvgIpc) is 2.97. The highest BCUT2D eigenvalue weighted by molar-refractivity contribution is 6.35. The molecule has 0 spiro atoms. The zero-order valence-electron chi connectivity index (χ0n) is 12.6. The predicted molar refractivity (Wildman–Crippen MR) is 102 cm³/mol. The van der Waals surface area contributed by atoms with Gasteiger partial charge in [-0.3, -0.25) is 0 Å². The Morgan fingerprint density at radius 3 is 2.56 bits per heavy atom. The highest BCUT2D eigenvalue weighted by atomic mass is 35.5. The Bertz CT molecular complexity index is 1060. The summed E-state index contributed by atoms with van der Waals surface area (Å²) in [4.78, 5) is 16.2. The number of nitrogens with one attached hydrogen (secondary N) is 2. The van der Waals surface area contributed by atoms with Gasteiger partial charge in [-0.1, -0.05) is 40.9 Å². The fourth-order valence-corrected chi connectivity index (χ4v) is 3.15. The molecule has 1 aromatic carbocycles. The average molecular weight is 391 g/mol. The van der Waals surface area contributed by atoms with Gasteiger partial charge in [-0.25, -0.2) is 15.0 Å². The van der Waals surface area contributed by atoms with Crippen LogP contribution in [0.3, 0.4) is 0 Å². The summed E-state index contributed by atoms with van der Waals surface area (Å²) in [6.07, 6.45) is 3.31. The highest BCUT2D eigenvalue weighted by Crippen LogP contribution is 2.28. The monoisotopic (exact) mass is 389 g/mol. The van der Waals surface area contributed by atoms with E-state index in [0.29, 0.717) is 32.2 Å². The Hall–Kier alpha value is -2.34. The number of nitrogens with zero attached hydrogens (tertiary/aromatic N) is 3. The Kier molecular flexibility index (Phi) is 4.21. The smallest absolute Gasteiger partial charge is 0.156 e. The summed E-state index contributed by atoms with van der Waals surface area (Å²) in [5.74, 6) is 0.653. The van der Waals surface area contributed by atoms with Gasteiger partial charge in [0, 0.05) is 27.5 Å². The van der Waals surface area contributed by atoms with Crippen LogP contribution < -0.4 is 5.32 Å². The number of benzene rings is 1. The van der Waals surface area contributed by atoms with Crippen LogP contribution in [-0.4, -0.2) is 19.9 Å². The van der Waals surface area contributed by atoms with Gasteiger partial charge in [-0.05, 0) is 30.3 Å². The van der Waals surface area contributed by atoms with E-state index in [9.17, 15) is 0 Å². The first-order chi connectivity index (χ1) is 12.1. The molecule has 0 fully saturated rings. The fraction of sp³-hybridized carbons (Fsp3) is 0. The minimum atomic E-state index is 0.330. The number of aromatic nitrogens is 4. The van der Waals surface area contributed by atoms with Gasteiger partial charge < -0.3 is 10.3 Å². The van der Waals surface area contributed by atoms with E-state index in [1.807, 2.05) is 24.4 Å². The number of aromatic amines is 1. The van der Waals surface area contributed by atoms with Gasteiger partial charge >= 0.3 is 0 Å². The van der Waals surface area contributed by atoms with Crippen LogP contribution in [0.5, 0.6) is 0 Å². The minimum Gasteiger partial charge on any atom is -0.344 e. The molecule has 0 radical (unpaired) electrons. The third-order valence-corrected chi connectivity index (χ3v) is 4.13. The van der Waals surface area contributed by atoms with Crippen molar-refractivity contribution in [3.8, 4) is 11.3 Å². The van der Waals surface area contributed by atoms with Crippen LogP contribution in [0, 0.1) is 0 Å². The number of rotatable bonds is 3. The Morgan fingerprint density at radius 2 is 1.76 bits per heavy atom. The number of anilines is 2. The standard InChI is InChI=1S/C17H10Cl3N5/c18-9-4-10(19)6-11(5-9)23-15-3-1-2-13(24-15)12-7-21-17-16(12)25-14(20)8-22-17/h1-8H,(H,21,22)(H,23,24). The van der Waals surface area contributed by atoms with Crippen molar-refractivity contribution in [2.24, 2.45) is 0 Å². The highest BCUT2D eigenvalue weighted by Gasteiger charge is 2.11. The topological polar surface area (TPSA) is 66.5 Å². The molecule has 0 unspecified atom stereocenters. The van der Waals surface area contributed by atoms with Crippen molar-refractivity contribution in [2.75, 3.05) is 5.32 Å². The number of H-pyrrole nitrogens is 1. The molecule has 0 bridgehead atoms. The lowest BCUT2D eigenvalue weighted by molar-refractivity contribution is 1.26. The summed E-state index contributed by atoms with van der Waals surface area (Å²) < 4.78 is 0. The van der Waals surface area contributed by atoms with Crippen molar-refractivity contribution in [1.82, 2.24) is 19.9 Å². The van der Waals surface area contributed by atoms with Crippen LogP contribution in [0.2, 0.25) is 15.2 Å². The van der Waals surface area contributed by atoms with Gasteiger partial charge in [-0.15, -0.1) is 0 Å². The molecule has 8 heteroatoms. The van der Waals surface area contributed by atoms with Gasteiger partial charge in [0.25, 0.3) is 0 Å². The van der Waals surface area contributed by atoms with Crippen molar-refractivity contribution in [2.45, 2.75) is 0 Å². The van der Waals surface area contributed by atoms with Crippen LogP contribution in [-0.2, 0) is 0 Å². The predicted octanol–water partition coefficient (Wildman–Crippen LogP) is 5.72. The summed E-state index contributed by atoms with van der Waals surface area (Å²) in [6, 6.07) is 10.9. The molecule has 0 aliphatic rings. The molecule has 4 rings (SSSR count). The molecule has 5 nitrogen and oxygen atoms in total. The molecule has 4 aromatic rings. The largest absolute Gasteiger partial charge is 0.344 e. The molecule has 3 aromatic heterocycles. The summed E-state index contributed by atoms with van der Waals surface area (Å²) in [7, 11) is 0. The first kappa shape index (κ1) is 16.1. The van der Waals surface area contributed by atoms with E-state index in [1.165, 1.54) is 6.20 Å². The fourth-order valence-electron chi connectivity index (χ4n) is 2.49. The van der Waals surface area contributed by atoms with Gasteiger partial charge in [0.1, 0.15) is 16.5 Å². The number of hydrogen-bond donors (Lipinski definition) is 2. The van der Waals surface area contributed by atoms with E-state index in [4.69, 9.17) is 34.8 Å². The van der Waals surface area contributed by atoms with Crippen LogP contribution >= 0.6 is 34.8 Å². The van der Waals surface area contributed by atoms with E-state index < -0.39 is 0 Å². The molecular weight excluding hydrogens is 381 g/mol. The van der Waals surface area contributed by atoms with Crippen LogP contribution in [0.25, 0.3) is 22.4 Å². The normalized spacial score (nSPS) is 11.0. The van der Waals surface area contributed by atoms with Crippen molar-refractivity contribution >= 4 is 57.5 Å². The van der Waals surface area contributed by atoms with Crippen LogP contribution in [0.15, 0.2) is 48.8 Å². The maximum Gasteiger partial charge on any atom is 0.156 e. The number of halogens is 3. The molecule has 0 saturated carbocycles. The van der Waals surface area contributed by atoms with E-state index >= 15 is 0 Å². The van der Waals surface area contributed by atoms with E-state index in [2.05, 4.69) is 25.3 Å². The van der Waals surface area contributed by atoms with Gasteiger partial charge in [0.05, 0.1) is 11.9 Å². The Morgan fingerprint density at radius 1 is 0.960 bits per heavy atom. The summed E-state index contributed by atoms with van der Waals surface area (Å²) in [6.45, 7) is 0. The maximum atomic E-state index is 6.03. The Balaban J connectivity index is 1.72. The molecule has 0 amide bonds. The van der Waals surface area contributed by atoms with Crippen molar-refractivity contribution in [3.63, 3.8) is 0 Å². The van der Waals surface area contributed by atoms with E-state index in [1.54, 1.807) is 18.2 Å². The van der Waals surface area contributed by atoms with Gasteiger partial charge in [-0.2, -0.15) is 0 Å². The summed E-state index contributed by atoms with van der Waals surface area (Å²) in [5.41, 5.74) is 3.63. The molecular formula is C17H10Cl3N5. The third-order valence-electron chi connectivity index (χ3n) is 3.51. The zero-order valence-corrected chi connectivity index (χ0v) is 14.9. The van der Waals surface area contributed by atoms with E-state index in [-0.39, 0.29) is 0 Å². The minimum absolute atomic E-state index is 0.330. The number of fused-ring (bicyclic) bond motifs is 1. The summed E-state index contributed by atoms with van der Waals surface area (Å²) in [5, 5.41) is 4.62. The molecule has 25 heavy (non-hydrogen) atoms.